The number of anilines is 1. The number of carboxylic acids is 1. The Morgan fingerprint density at radius 1 is 1.53 bits per heavy atom. The van der Waals surface area contributed by atoms with Crippen molar-refractivity contribution in [2.45, 2.75) is 6.42 Å². The second-order valence-electron chi connectivity index (χ2n) is 3.57. The molecule has 1 heterocycles. The van der Waals surface area contributed by atoms with E-state index in [9.17, 15) is 14.7 Å². The predicted octanol–water partition coefficient (Wildman–Crippen LogP) is 0.205. The molecule has 0 saturated carbocycles. The Kier molecular flexibility index (Phi) is 3.19. The number of carboxylic acid groups (broad SMARTS) is 1. The van der Waals surface area contributed by atoms with E-state index in [1.807, 2.05) is 0 Å². The molecule has 0 aliphatic carbocycles. The maximum atomic E-state index is 11.6. The molecule has 0 saturated heterocycles. The highest BCUT2D eigenvalue weighted by atomic mass is 35.5. The van der Waals surface area contributed by atoms with Crippen molar-refractivity contribution in [2.75, 3.05) is 18.1 Å². The smallest absolute Gasteiger partial charge is 0.265 e. The molecular formula is C11H9ClNO4-. The number of halogens is 1. The Balaban J connectivity index is 2.28. The predicted molar refractivity (Wildman–Crippen MR) is 58.9 cm³/mol. The molecule has 0 unspecified atom stereocenters. The van der Waals surface area contributed by atoms with Gasteiger partial charge in [-0.05, 0) is 18.2 Å². The number of hydrogen-bond acceptors (Lipinski definition) is 4. The summed E-state index contributed by atoms with van der Waals surface area (Å²) in [6, 6.07) is 4.87. The van der Waals surface area contributed by atoms with Crippen molar-refractivity contribution in [2.24, 2.45) is 0 Å². The molecule has 0 atom stereocenters. The van der Waals surface area contributed by atoms with Gasteiger partial charge in [0.15, 0.2) is 6.61 Å². The first kappa shape index (κ1) is 11.7. The number of nitrogens with zero attached hydrogens (tertiary/aromatic N) is 1. The van der Waals surface area contributed by atoms with Gasteiger partial charge in [-0.1, -0.05) is 11.6 Å². The Bertz CT molecular complexity index is 475. The highest BCUT2D eigenvalue weighted by molar-refractivity contribution is 6.31. The van der Waals surface area contributed by atoms with E-state index in [4.69, 9.17) is 16.3 Å². The lowest BCUT2D eigenvalue weighted by Crippen LogP contribution is -2.41. The van der Waals surface area contributed by atoms with Gasteiger partial charge in [-0.25, -0.2) is 0 Å². The Morgan fingerprint density at radius 3 is 3.00 bits per heavy atom. The molecular weight excluding hydrogens is 246 g/mol. The summed E-state index contributed by atoms with van der Waals surface area (Å²) in [5.41, 5.74) is 0.495. The number of benzene rings is 1. The first-order valence-electron chi connectivity index (χ1n) is 5.00. The zero-order valence-corrected chi connectivity index (χ0v) is 9.57. The Morgan fingerprint density at radius 2 is 2.29 bits per heavy atom. The second kappa shape index (κ2) is 4.63. The normalized spacial score (nSPS) is 14.2. The third kappa shape index (κ3) is 2.50. The van der Waals surface area contributed by atoms with Crippen molar-refractivity contribution in [1.82, 2.24) is 0 Å². The fraction of sp³-hybridized carbons (Fsp3) is 0.273. The van der Waals surface area contributed by atoms with Gasteiger partial charge in [0.1, 0.15) is 5.75 Å². The summed E-state index contributed by atoms with van der Waals surface area (Å²) in [5, 5.41) is 10.9. The van der Waals surface area contributed by atoms with Crippen LogP contribution in [0.3, 0.4) is 0 Å². The topological polar surface area (TPSA) is 69.7 Å². The van der Waals surface area contributed by atoms with Crippen LogP contribution in [0.5, 0.6) is 5.75 Å². The zero-order chi connectivity index (χ0) is 12.4. The zero-order valence-electron chi connectivity index (χ0n) is 8.81. The third-order valence-electron chi connectivity index (χ3n) is 2.40. The van der Waals surface area contributed by atoms with Crippen LogP contribution in [0.1, 0.15) is 6.42 Å². The number of carbonyl (C=O) groups excluding carboxylic acids is 2. The molecule has 1 aromatic carbocycles. The van der Waals surface area contributed by atoms with Gasteiger partial charge >= 0.3 is 0 Å². The number of amides is 1. The lowest BCUT2D eigenvalue weighted by atomic mass is 10.2. The lowest BCUT2D eigenvalue weighted by Gasteiger charge is -2.29. The number of fused-ring (bicyclic) bond motifs is 1. The van der Waals surface area contributed by atoms with Gasteiger partial charge in [-0.15, -0.1) is 0 Å². The quantitative estimate of drug-likeness (QED) is 0.773. The lowest BCUT2D eigenvalue weighted by molar-refractivity contribution is -0.305. The highest BCUT2D eigenvalue weighted by Gasteiger charge is 2.25. The van der Waals surface area contributed by atoms with Gasteiger partial charge in [0.05, 0.1) is 5.69 Å². The Hall–Kier alpha value is -1.75. The molecule has 90 valence electrons. The molecule has 0 radical (unpaired) electrons. The van der Waals surface area contributed by atoms with Crippen LogP contribution in [0, 0.1) is 0 Å². The molecule has 6 heteroatoms. The van der Waals surface area contributed by atoms with Crippen molar-refractivity contribution in [3.05, 3.63) is 23.2 Å². The number of carbonyl (C=O) groups is 2. The van der Waals surface area contributed by atoms with E-state index in [-0.39, 0.29) is 25.5 Å². The first-order valence-corrected chi connectivity index (χ1v) is 5.38. The number of hydrogen-bond donors (Lipinski definition) is 0. The third-order valence-corrected chi connectivity index (χ3v) is 2.64. The van der Waals surface area contributed by atoms with Gasteiger partial charge < -0.3 is 19.5 Å². The van der Waals surface area contributed by atoms with Gasteiger partial charge in [0.25, 0.3) is 5.91 Å². The van der Waals surface area contributed by atoms with E-state index in [0.29, 0.717) is 16.5 Å². The van der Waals surface area contributed by atoms with E-state index in [0.717, 1.165) is 0 Å². The van der Waals surface area contributed by atoms with Crippen molar-refractivity contribution in [3.63, 3.8) is 0 Å². The van der Waals surface area contributed by atoms with Crippen molar-refractivity contribution in [1.29, 1.82) is 0 Å². The summed E-state index contributed by atoms with van der Waals surface area (Å²) < 4.78 is 5.21. The number of aliphatic carboxylic acids is 1. The fourth-order valence-electron chi connectivity index (χ4n) is 1.62. The molecule has 0 spiro atoms. The van der Waals surface area contributed by atoms with Gasteiger partial charge in [-0.3, -0.25) is 4.79 Å². The Labute approximate surface area is 103 Å². The molecule has 5 nitrogen and oxygen atoms in total. The van der Waals surface area contributed by atoms with Crippen LogP contribution in [0.25, 0.3) is 0 Å². The van der Waals surface area contributed by atoms with E-state index in [2.05, 4.69) is 0 Å². The maximum absolute atomic E-state index is 11.6. The summed E-state index contributed by atoms with van der Waals surface area (Å²) in [5.74, 6) is -0.971. The molecule has 0 N–H and O–H groups in total. The maximum Gasteiger partial charge on any atom is 0.265 e. The molecule has 2 rings (SSSR count). The standard InChI is InChI=1S/C11H10ClNO4/c12-7-1-2-9-8(5-7)13(4-3-11(15)16)10(14)6-17-9/h1-2,5H,3-4,6H2,(H,15,16)/p-1. The van der Waals surface area contributed by atoms with Crippen LogP contribution in [0.4, 0.5) is 5.69 Å². The second-order valence-corrected chi connectivity index (χ2v) is 4.00. The summed E-state index contributed by atoms with van der Waals surface area (Å²) >= 11 is 5.83. The van der Waals surface area contributed by atoms with E-state index < -0.39 is 5.97 Å². The van der Waals surface area contributed by atoms with E-state index >= 15 is 0 Å². The molecule has 1 aliphatic heterocycles. The van der Waals surface area contributed by atoms with Crippen LogP contribution in [-0.2, 0) is 9.59 Å². The van der Waals surface area contributed by atoms with Crippen LogP contribution in [0.15, 0.2) is 18.2 Å². The SMILES string of the molecule is O=C([O-])CCN1C(=O)COc2ccc(Cl)cc21. The van der Waals surface area contributed by atoms with Gasteiger partial charge in [-0.2, -0.15) is 0 Å². The molecule has 17 heavy (non-hydrogen) atoms. The van der Waals surface area contributed by atoms with Gasteiger partial charge in [0.2, 0.25) is 0 Å². The molecule has 0 aromatic heterocycles. The van der Waals surface area contributed by atoms with Crippen LogP contribution in [0.2, 0.25) is 5.02 Å². The largest absolute Gasteiger partial charge is 0.550 e. The minimum Gasteiger partial charge on any atom is -0.550 e. The first-order chi connectivity index (χ1) is 8.08. The monoisotopic (exact) mass is 254 g/mol. The summed E-state index contributed by atoms with van der Waals surface area (Å²) in [6.07, 6.45) is -0.225. The van der Waals surface area contributed by atoms with Crippen molar-refractivity contribution >= 4 is 29.2 Å². The number of ether oxygens (including phenoxy) is 1. The van der Waals surface area contributed by atoms with E-state index in [1.54, 1.807) is 18.2 Å². The minimum absolute atomic E-state index is 0.0534. The van der Waals surface area contributed by atoms with E-state index in [1.165, 1.54) is 4.90 Å². The van der Waals surface area contributed by atoms with Crippen LogP contribution >= 0.6 is 11.6 Å². The average molecular weight is 255 g/mol. The molecule has 1 aliphatic rings. The molecule has 1 aromatic rings. The fourth-order valence-corrected chi connectivity index (χ4v) is 1.79. The summed E-state index contributed by atoms with van der Waals surface area (Å²) in [7, 11) is 0. The van der Waals surface area contributed by atoms with Crippen molar-refractivity contribution < 1.29 is 19.4 Å². The highest BCUT2D eigenvalue weighted by Crippen LogP contribution is 2.34. The number of rotatable bonds is 3. The molecule has 1 amide bonds. The molecule has 0 bridgehead atoms. The minimum atomic E-state index is -1.20. The van der Waals surface area contributed by atoms with Crippen LogP contribution < -0.4 is 14.7 Å². The molecule has 0 fully saturated rings. The van der Waals surface area contributed by atoms with Crippen molar-refractivity contribution in [3.8, 4) is 5.75 Å². The summed E-state index contributed by atoms with van der Waals surface area (Å²) in [6.45, 7) is -0.0421. The van der Waals surface area contributed by atoms with Crippen LogP contribution in [-0.4, -0.2) is 25.0 Å². The van der Waals surface area contributed by atoms with Gasteiger partial charge in [0, 0.05) is 24.0 Å². The average Bonchev–Trinajstić information content (AvgIpc) is 2.27. The summed E-state index contributed by atoms with van der Waals surface area (Å²) in [4.78, 5) is 23.4.